The van der Waals surface area contributed by atoms with Gasteiger partial charge in [0.2, 0.25) is 0 Å². The first-order chi connectivity index (χ1) is 8.70. The van der Waals surface area contributed by atoms with Crippen molar-refractivity contribution in [3.8, 4) is 0 Å². The molecule has 2 rings (SSSR count). The minimum atomic E-state index is -4.07. The zero-order valence-corrected chi connectivity index (χ0v) is 11.8. The maximum atomic E-state index is 11.9. The fourth-order valence-corrected chi connectivity index (χ4v) is 4.66. The summed E-state index contributed by atoms with van der Waals surface area (Å²) in [6.45, 7) is 1.81. The van der Waals surface area contributed by atoms with Gasteiger partial charge in [0.1, 0.15) is 6.10 Å². The average molecular weight is 306 g/mol. The standard InChI is InChI=1S/C11H14O6S2/c1-8-2-4-9(5-3-8)19(15,16)17-11-7-18(13,14)6-10(11)12/h2-5,10-12H,6-7H2,1H3. The monoisotopic (exact) mass is 306 g/mol. The van der Waals surface area contributed by atoms with Gasteiger partial charge in [-0.25, -0.2) is 8.42 Å². The second-order valence-electron chi connectivity index (χ2n) is 4.55. The van der Waals surface area contributed by atoms with Crippen molar-refractivity contribution in [2.24, 2.45) is 0 Å². The predicted octanol–water partition coefficient (Wildman–Crippen LogP) is -0.142. The van der Waals surface area contributed by atoms with Crippen LogP contribution >= 0.6 is 0 Å². The Bertz CT molecular complexity index is 660. The van der Waals surface area contributed by atoms with Crippen molar-refractivity contribution in [2.45, 2.75) is 24.0 Å². The number of sulfone groups is 1. The summed E-state index contributed by atoms with van der Waals surface area (Å²) in [6.07, 6.45) is -2.55. The summed E-state index contributed by atoms with van der Waals surface area (Å²) in [7, 11) is -7.51. The molecule has 8 heteroatoms. The number of aliphatic hydroxyl groups is 1. The lowest BCUT2D eigenvalue weighted by molar-refractivity contribution is 0.0780. The summed E-state index contributed by atoms with van der Waals surface area (Å²) >= 11 is 0. The van der Waals surface area contributed by atoms with E-state index < -0.39 is 43.7 Å². The molecule has 0 spiro atoms. The Hall–Kier alpha value is -0.960. The van der Waals surface area contributed by atoms with Crippen LogP contribution in [0.4, 0.5) is 0 Å². The second kappa shape index (κ2) is 4.86. The molecule has 1 aromatic carbocycles. The van der Waals surface area contributed by atoms with Crippen molar-refractivity contribution in [3.05, 3.63) is 29.8 Å². The summed E-state index contributed by atoms with van der Waals surface area (Å²) < 4.78 is 51.2. The minimum absolute atomic E-state index is 0.0606. The third-order valence-corrected chi connectivity index (χ3v) is 5.87. The maximum Gasteiger partial charge on any atom is 0.297 e. The van der Waals surface area contributed by atoms with Gasteiger partial charge in [0.25, 0.3) is 10.1 Å². The van der Waals surface area contributed by atoms with Gasteiger partial charge >= 0.3 is 0 Å². The third kappa shape index (κ3) is 3.33. The first kappa shape index (κ1) is 14.4. The summed E-state index contributed by atoms with van der Waals surface area (Å²) in [5.41, 5.74) is 0.891. The van der Waals surface area contributed by atoms with E-state index in [9.17, 15) is 21.9 Å². The van der Waals surface area contributed by atoms with Crippen molar-refractivity contribution in [2.75, 3.05) is 11.5 Å². The predicted molar refractivity (Wildman–Crippen MR) is 67.9 cm³/mol. The van der Waals surface area contributed by atoms with Crippen molar-refractivity contribution in [1.82, 2.24) is 0 Å². The SMILES string of the molecule is Cc1ccc(S(=O)(=O)OC2CS(=O)(=O)CC2O)cc1. The van der Waals surface area contributed by atoms with Crippen molar-refractivity contribution < 1.29 is 26.1 Å². The zero-order valence-electron chi connectivity index (χ0n) is 10.2. The van der Waals surface area contributed by atoms with Crippen LogP contribution in [0.2, 0.25) is 0 Å². The molecule has 1 N–H and O–H groups in total. The molecule has 1 saturated heterocycles. The van der Waals surface area contributed by atoms with Gasteiger partial charge in [0, 0.05) is 0 Å². The molecule has 1 aromatic rings. The summed E-state index contributed by atoms with van der Waals surface area (Å²) in [5, 5.41) is 9.51. The average Bonchev–Trinajstić information content (AvgIpc) is 2.51. The van der Waals surface area contributed by atoms with Crippen LogP contribution < -0.4 is 0 Å². The molecular formula is C11H14O6S2. The molecule has 1 aliphatic heterocycles. The van der Waals surface area contributed by atoms with E-state index in [2.05, 4.69) is 0 Å². The van der Waals surface area contributed by atoms with Gasteiger partial charge < -0.3 is 5.11 Å². The molecule has 2 atom stereocenters. The Labute approximate surface area is 112 Å². The lowest BCUT2D eigenvalue weighted by atomic mass is 10.2. The van der Waals surface area contributed by atoms with E-state index in [1.807, 2.05) is 6.92 Å². The number of hydrogen-bond acceptors (Lipinski definition) is 6. The summed E-state index contributed by atoms with van der Waals surface area (Å²) in [4.78, 5) is -0.0606. The highest BCUT2D eigenvalue weighted by Gasteiger charge is 2.40. The summed E-state index contributed by atoms with van der Waals surface area (Å²) in [5.74, 6) is -0.958. The van der Waals surface area contributed by atoms with Crippen LogP contribution in [0.5, 0.6) is 0 Å². The van der Waals surface area contributed by atoms with Crippen LogP contribution in [0.1, 0.15) is 5.56 Å². The molecule has 0 radical (unpaired) electrons. The largest absolute Gasteiger partial charge is 0.389 e. The number of aryl methyl sites for hydroxylation is 1. The smallest absolute Gasteiger partial charge is 0.297 e. The van der Waals surface area contributed by atoms with Gasteiger partial charge in [-0.1, -0.05) is 17.7 Å². The van der Waals surface area contributed by atoms with Gasteiger partial charge in [0.05, 0.1) is 22.5 Å². The molecule has 0 bridgehead atoms. The minimum Gasteiger partial charge on any atom is -0.389 e. The van der Waals surface area contributed by atoms with E-state index in [1.54, 1.807) is 12.1 Å². The molecule has 0 amide bonds. The third-order valence-electron chi connectivity index (χ3n) is 2.83. The summed E-state index contributed by atoms with van der Waals surface area (Å²) in [6, 6.07) is 5.97. The van der Waals surface area contributed by atoms with E-state index in [0.717, 1.165) is 5.56 Å². The van der Waals surface area contributed by atoms with E-state index in [0.29, 0.717) is 0 Å². The quantitative estimate of drug-likeness (QED) is 0.781. The zero-order chi connectivity index (χ0) is 14.3. The molecule has 0 aromatic heterocycles. The molecule has 19 heavy (non-hydrogen) atoms. The molecule has 1 aliphatic rings. The van der Waals surface area contributed by atoms with Crippen LogP contribution in [-0.2, 0) is 24.1 Å². The lowest BCUT2D eigenvalue weighted by Crippen LogP contribution is -2.29. The van der Waals surface area contributed by atoms with Crippen LogP contribution in [0, 0.1) is 6.92 Å². The number of rotatable bonds is 3. The van der Waals surface area contributed by atoms with E-state index in [4.69, 9.17) is 4.18 Å². The Balaban J connectivity index is 2.21. The maximum absolute atomic E-state index is 11.9. The van der Waals surface area contributed by atoms with E-state index in [-0.39, 0.29) is 4.90 Å². The fraction of sp³-hybridized carbons (Fsp3) is 0.455. The molecule has 0 aliphatic carbocycles. The van der Waals surface area contributed by atoms with Crippen LogP contribution in [0.15, 0.2) is 29.2 Å². The van der Waals surface area contributed by atoms with Gasteiger partial charge in [-0.05, 0) is 19.1 Å². The van der Waals surface area contributed by atoms with Gasteiger partial charge in [-0.2, -0.15) is 8.42 Å². The number of hydrogen-bond donors (Lipinski definition) is 1. The first-order valence-electron chi connectivity index (χ1n) is 5.58. The Kier molecular flexibility index (Phi) is 3.69. The molecule has 0 saturated carbocycles. The first-order valence-corrected chi connectivity index (χ1v) is 8.81. The van der Waals surface area contributed by atoms with Gasteiger partial charge in [-0.3, -0.25) is 4.18 Å². The molecule has 1 fully saturated rings. The molecular weight excluding hydrogens is 292 g/mol. The fourth-order valence-electron chi connectivity index (χ4n) is 1.81. The molecule has 106 valence electrons. The number of benzene rings is 1. The van der Waals surface area contributed by atoms with Crippen molar-refractivity contribution in [1.29, 1.82) is 0 Å². The second-order valence-corrected chi connectivity index (χ2v) is 8.27. The number of aliphatic hydroxyl groups excluding tert-OH is 1. The van der Waals surface area contributed by atoms with Crippen LogP contribution in [-0.4, -0.2) is 45.7 Å². The lowest BCUT2D eigenvalue weighted by Gasteiger charge is -2.13. The highest BCUT2D eigenvalue weighted by molar-refractivity contribution is 7.91. The van der Waals surface area contributed by atoms with Gasteiger partial charge in [-0.15, -0.1) is 0 Å². The van der Waals surface area contributed by atoms with E-state index >= 15 is 0 Å². The molecule has 6 nitrogen and oxygen atoms in total. The topological polar surface area (TPSA) is 97.7 Å². The van der Waals surface area contributed by atoms with Crippen molar-refractivity contribution in [3.63, 3.8) is 0 Å². The van der Waals surface area contributed by atoms with Crippen LogP contribution in [0.3, 0.4) is 0 Å². The Morgan fingerprint density at radius 3 is 2.26 bits per heavy atom. The Morgan fingerprint density at radius 1 is 1.21 bits per heavy atom. The highest BCUT2D eigenvalue weighted by Crippen LogP contribution is 2.22. The van der Waals surface area contributed by atoms with Gasteiger partial charge in [0.15, 0.2) is 9.84 Å². The molecule has 2 unspecified atom stereocenters. The Morgan fingerprint density at radius 2 is 1.79 bits per heavy atom. The van der Waals surface area contributed by atoms with Crippen LogP contribution in [0.25, 0.3) is 0 Å². The van der Waals surface area contributed by atoms with Crippen molar-refractivity contribution >= 4 is 20.0 Å². The highest BCUT2D eigenvalue weighted by atomic mass is 32.2. The molecule has 1 heterocycles. The van der Waals surface area contributed by atoms with E-state index in [1.165, 1.54) is 12.1 Å². The normalized spacial score (nSPS) is 26.4.